The van der Waals surface area contributed by atoms with E-state index in [1.54, 1.807) is 17.6 Å². The maximum atomic E-state index is 12.4. The summed E-state index contributed by atoms with van der Waals surface area (Å²) in [5, 5.41) is 7.03. The van der Waals surface area contributed by atoms with Crippen LogP contribution in [0.3, 0.4) is 0 Å². The lowest BCUT2D eigenvalue weighted by atomic mass is 10.1. The van der Waals surface area contributed by atoms with E-state index in [-0.39, 0.29) is 12.3 Å². The molecule has 0 unspecified atom stereocenters. The Balaban J connectivity index is 1.45. The van der Waals surface area contributed by atoms with Crippen molar-refractivity contribution in [3.05, 3.63) is 70.2 Å². The van der Waals surface area contributed by atoms with Crippen molar-refractivity contribution in [3.8, 4) is 11.3 Å². The Bertz CT molecular complexity index is 1090. The summed E-state index contributed by atoms with van der Waals surface area (Å²) in [5.74, 6) is -0.0606. The van der Waals surface area contributed by atoms with Gasteiger partial charge in [0, 0.05) is 27.6 Å². The molecule has 2 aromatic heterocycles. The minimum atomic E-state index is -0.0606. The van der Waals surface area contributed by atoms with Crippen LogP contribution >= 0.6 is 11.3 Å². The van der Waals surface area contributed by atoms with Gasteiger partial charge in [-0.3, -0.25) is 4.79 Å². The Hall–Kier alpha value is -2.92. The number of nitrogens with one attached hydrogen (secondary N) is 1. The first kappa shape index (κ1) is 17.5. The summed E-state index contributed by atoms with van der Waals surface area (Å²) < 4.78 is 5.62. The van der Waals surface area contributed by atoms with Crippen LogP contribution < -0.4 is 5.32 Å². The van der Waals surface area contributed by atoms with Gasteiger partial charge in [-0.05, 0) is 37.1 Å². The molecule has 0 radical (unpaired) electrons. The molecule has 4 rings (SSSR count). The number of carbonyl (C=O) groups excluding carboxylic acids is 1. The van der Waals surface area contributed by atoms with E-state index in [0.29, 0.717) is 0 Å². The number of furan rings is 1. The molecule has 4 nitrogen and oxygen atoms in total. The summed E-state index contributed by atoms with van der Waals surface area (Å²) in [6, 6.07) is 13.9. The number of hydrogen-bond acceptors (Lipinski definition) is 4. The normalized spacial score (nSPS) is 11.0. The number of nitrogens with zero attached hydrogens (tertiary/aromatic N) is 1. The molecule has 0 bridgehead atoms. The largest absolute Gasteiger partial charge is 0.464 e. The van der Waals surface area contributed by atoms with E-state index in [1.165, 1.54) is 5.56 Å². The van der Waals surface area contributed by atoms with Crippen LogP contribution in [0.5, 0.6) is 0 Å². The maximum absolute atomic E-state index is 12.4. The predicted octanol–water partition coefficient (Wildman–Crippen LogP) is 5.61. The number of aryl methyl sites for hydroxylation is 2. The first-order valence-corrected chi connectivity index (χ1v) is 9.82. The van der Waals surface area contributed by atoms with Crippen LogP contribution in [0.2, 0.25) is 0 Å². The van der Waals surface area contributed by atoms with Gasteiger partial charge in [0.15, 0.2) is 0 Å². The van der Waals surface area contributed by atoms with Gasteiger partial charge in [-0.25, -0.2) is 4.98 Å². The van der Waals surface area contributed by atoms with E-state index in [1.807, 2.05) is 48.7 Å². The fourth-order valence-electron chi connectivity index (χ4n) is 3.08. The molecule has 5 heteroatoms. The van der Waals surface area contributed by atoms with Crippen molar-refractivity contribution < 1.29 is 9.21 Å². The van der Waals surface area contributed by atoms with Crippen molar-refractivity contribution in [2.75, 3.05) is 5.32 Å². The number of hydrogen-bond donors (Lipinski definition) is 1. The highest BCUT2D eigenvalue weighted by atomic mass is 32.1. The molecule has 0 aliphatic carbocycles. The van der Waals surface area contributed by atoms with Crippen LogP contribution in [0, 0.1) is 6.92 Å². The molecule has 0 atom stereocenters. The van der Waals surface area contributed by atoms with Crippen molar-refractivity contribution in [2.24, 2.45) is 0 Å². The van der Waals surface area contributed by atoms with E-state index >= 15 is 0 Å². The highest BCUT2D eigenvalue weighted by Gasteiger charge is 2.11. The number of carbonyl (C=O) groups is 1. The number of anilines is 1. The Morgan fingerprint density at radius 3 is 2.70 bits per heavy atom. The number of fused-ring (bicyclic) bond motifs is 1. The van der Waals surface area contributed by atoms with Gasteiger partial charge >= 0.3 is 0 Å². The van der Waals surface area contributed by atoms with Crippen molar-refractivity contribution in [2.45, 2.75) is 26.7 Å². The lowest BCUT2D eigenvalue weighted by molar-refractivity contribution is -0.115. The molecule has 0 spiro atoms. The molecule has 2 heterocycles. The third kappa shape index (κ3) is 3.78. The first-order chi connectivity index (χ1) is 13.1. The zero-order valence-corrected chi connectivity index (χ0v) is 16.1. The van der Waals surface area contributed by atoms with Crippen LogP contribution in [0.1, 0.15) is 23.1 Å². The second-order valence-electron chi connectivity index (χ2n) is 6.50. The van der Waals surface area contributed by atoms with Crippen LogP contribution in [0.15, 0.2) is 58.5 Å². The average molecular weight is 376 g/mol. The lowest BCUT2D eigenvalue weighted by Crippen LogP contribution is -2.14. The van der Waals surface area contributed by atoms with Gasteiger partial charge in [0.2, 0.25) is 5.91 Å². The number of aromatic nitrogens is 1. The predicted molar refractivity (Wildman–Crippen MR) is 110 cm³/mol. The van der Waals surface area contributed by atoms with Gasteiger partial charge in [-0.1, -0.05) is 31.2 Å². The summed E-state index contributed by atoms with van der Waals surface area (Å²) in [6.07, 6.45) is 2.92. The molecule has 0 aliphatic rings. The van der Waals surface area contributed by atoms with Crippen molar-refractivity contribution in [3.63, 3.8) is 0 Å². The highest BCUT2D eigenvalue weighted by molar-refractivity contribution is 7.09. The van der Waals surface area contributed by atoms with Crippen LogP contribution in [-0.2, 0) is 17.6 Å². The van der Waals surface area contributed by atoms with E-state index in [4.69, 9.17) is 4.42 Å². The number of benzene rings is 2. The molecule has 2 aromatic carbocycles. The van der Waals surface area contributed by atoms with Crippen molar-refractivity contribution >= 4 is 33.9 Å². The second-order valence-corrected chi connectivity index (χ2v) is 7.56. The topological polar surface area (TPSA) is 55.1 Å². The molecule has 1 N–H and O–H groups in total. The van der Waals surface area contributed by atoms with Crippen molar-refractivity contribution in [1.82, 2.24) is 4.98 Å². The molecule has 0 fully saturated rings. The number of amides is 1. The summed E-state index contributed by atoms with van der Waals surface area (Å²) in [7, 11) is 0. The quantitative estimate of drug-likeness (QED) is 0.493. The summed E-state index contributed by atoms with van der Waals surface area (Å²) in [4.78, 5) is 16.9. The van der Waals surface area contributed by atoms with Gasteiger partial charge in [0.1, 0.15) is 5.58 Å². The molecule has 0 saturated heterocycles. The Morgan fingerprint density at radius 1 is 1.19 bits per heavy atom. The zero-order chi connectivity index (χ0) is 18.8. The summed E-state index contributed by atoms with van der Waals surface area (Å²) in [5.41, 5.74) is 5.75. The SMILES string of the molecule is CCc1ccc2c(CC(=O)Nc3ccc(-c4csc(C)n4)cc3)coc2c1. The highest BCUT2D eigenvalue weighted by Crippen LogP contribution is 2.25. The Morgan fingerprint density at radius 2 is 2.00 bits per heavy atom. The monoisotopic (exact) mass is 376 g/mol. The van der Waals surface area contributed by atoms with E-state index in [2.05, 4.69) is 23.3 Å². The van der Waals surface area contributed by atoms with Gasteiger partial charge in [-0.2, -0.15) is 0 Å². The molecule has 4 aromatic rings. The second kappa shape index (κ2) is 7.37. The molecular formula is C22H20N2O2S. The zero-order valence-electron chi connectivity index (χ0n) is 15.3. The summed E-state index contributed by atoms with van der Waals surface area (Å²) in [6.45, 7) is 4.10. The minimum Gasteiger partial charge on any atom is -0.464 e. The third-order valence-corrected chi connectivity index (χ3v) is 5.34. The standard InChI is InChI=1S/C22H20N2O2S/c1-3-15-4-9-19-17(12-26-21(19)10-15)11-22(25)24-18-7-5-16(6-8-18)20-13-27-14(2)23-20/h4-10,12-13H,3,11H2,1-2H3,(H,24,25). The lowest BCUT2D eigenvalue weighted by Gasteiger charge is -2.05. The Kier molecular flexibility index (Phi) is 4.77. The minimum absolute atomic E-state index is 0.0606. The molecule has 0 aliphatic heterocycles. The third-order valence-electron chi connectivity index (χ3n) is 4.56. The van der Waals surface area contributed by atoms with Gasteiger partial charge in [-0.15, -0.1) is 11.3 Å². The molecular weight excluding hydrogens is 356 g/mol. The van der Waals surface area contributed by atoms with Gasteiger partial charge in [0.25, 0.3) is 0 Å². The van der Waals surface area contributed by atoms with Crippen LogP contribution in [0.4, 0.5) is 5.69 Å². The molecule has 0 saturated carbocycles. The molecule has 27 heavy (non-hydrogen) atoms. The number of thiazole rings is 1. The maximum Gasteiger partial charge on any atom is 0.228 e. The fourth-order valence-corrected chi connectivity index (χ4v) is 3.70. The fraction of sp³-hybridized carbons (Fsp3) is 0.182. The first-order valence-electron chi connectivity index (χ1n) is 8.94. The molecule has 136 valence electrons. The van der Waals surface area contributed by atoms with Crippen LogP contribution in [0.25, 0.3) is 22.2 Å². The van der Waals surface area contributed by atoms with Gasteiger partial charge in [0.05, 0.1) is 23.4 Å². The molecule has 1 amide bonds. The van der Waals surface area contributed by atoms with Gasteiger partial charge < -0.3 is 9.73 Å². The smallest absolute Gasteiger partial charge is 0.228 e. The summed E-state index contributed by atoms with van der Waals surface area (Å²) >= 11 is 1.63. The van der Waals surface area contributed by atoms with E-state index < -0.39 is 0 Å². The van der Waals surface area contributed by atoms with Crippen LogP contribution in [-0.4, -0.2) is 10.9 Å². The van der Waals surface area contributed by atoms with Crippen molar-refractivity contribution in [1.29, 1.82) is 0 Å². The van der Waals surface area contributed by atoms with E-state index in [9.17, 15) is 4.79 Å². The van der Waals surface area contributed by atoms with E-state index in [0.717, 1.165) is 44.9 Å². The Labute approximate surface area is 161 Å². The average Bonchev–Trinajstić information content (AvgIpc) is 3.28. The number of rotatable bonds is 5.